The van der Waals surface area contributed by atoms with Crippen LogP contribution >= 0.6 is 0 Å². The highest BCUT2D eigenvalue weighted by Gasteiger charge is 2.20. The third kappa shape index (κ3) is 3.95. The molecule has 2 rings (SSSR count). The van der Waals surface area contributed by atoms with Crippen LogP contribution < -0.4 is 0 Å². The Labute approximate surface area is 113 Å². The highest BCUT2D eigenvalue weighted by Crippen LogP contribution is 2.13. The Hall–Kier alpha value is -2.10. The highest BCUT2D eigenvalue weighted by atomic mass is 16.5. The predicted molar refractivity (Wildman–Crippen MR) is 72.5 cm³/mol. The topological polar surface area (TPSA) is 44.1 Å². The van der Waals surface area contributed by atoms with Crippen LogP contribution in [-0.2, 0) is 22.5 Å². The van der Waals surface area contributed by atoms with Gasteiger partial charge >= 0.3 is 5.97 Å². The molecule has 0 radical (unpaired) electrons. The van der Waals surface area contributed by atoms with E-state index < -0.39 is 0 Å². The van der Waals surface area contributed by atoms with Gasteiger partial charge in [-0.2, -0.15) is 0 Å². The Morgan fingerprint density at radius 2 is 2.16 bits per heavy atom. The van der Waals surface area contributed by atoms with Gasteiger partial charge in [0.05, 0.1) is 18.9 Å². The van der Waals surface area contributed by atoms with Crippen molar-refractivity contribution in [1.29, 1.82) is 0 Å². The van der Waals surface area contributed by atoms with Gasteiger partial charge in [-0.15, -0.1) is 0 Å². The van der Waals surface area contributed by atoms with E-state index in [4.69, 9.17) is 4.74 Å². The normalized spacial score (nSPS) is 12.1. The summed E-state index contributed by atoms with van der Waals surface area (Å²) in [6, 6.07) is 9.99. The number of benzene rings is 1. The lowest BCUT2D eigenvalue weighted by Crippen LogP contribution is -2.24. The molecule has 0 bridgehead atoms. The van der Waals surface area contributed by atoms with Crippen molar-refractivity contribution in [1.82, 2.24) is 9.55 Å². The maximum absolute atomic E-state index is 12.0. The molecule has 0 saturated heterocycles. The monoisotopic (exact) mass is 258 g/mol. The van der Waals surface area contributed by atoms with Crippen molar-refractivity contribution >= 4 is 5.97 Å². The van der Waals surface area contributed by atoms with Crippen LogP contribution in [0.5, 0.6) is 0 Å². The van der Waals surface area contributed by atoms with Gasteiger partial charge < -0.3 is 9.30 Å². The standard InChI is InChI=1S/C15H18N2O2/c1-2-19-15(18)14(11-17-9-8-16-12-17)10-13-6-4-3-5-7-13/h3-9,12,14H,2,10-11H2,1H3. The average Bonchev–Trinajstić information content (AvgIpc) is 2.92. The molecule has 100 valence electrons. The maximum Gasteiger partial charge on any atom is 0.311 e. The Bertz CT molecular complexity index is 494. The van der Waals surface area contributed by atoms with Gasteiger partial charge in [0.25, 0.3) is 0 Å². The molecule has 0 spiro atoms. The Morgan fingerprint density at radius 3 is 2.79 bits per heavy atom. The van der Waals surface area contributed by atoms with Crippen LogP contribution in [-0.4, -0.2) is 22.1 Å². The van der Waals surface area contributed by atoms with Gasteiger partial charge in [0.15, 0.2) is 0 Å². The fourth-order valence-corrected chi connectivity index (χ4v) is 2.03. The molecule has 0 aliphatic carbocycles. The number of hydrogen-bond donors (Lipinski definition) is 0. The molecule has 0 fully saturated rings. The molecule has 0 N–H and O–H groups in total. The first-order chi connectivity index (χ1) is 9.29. The summed E-state index contributed by atoms with van der Waals surface area (Å²) in [6.45, 7) is 2.83. The molecule has 0 aliphatic rings. The summed E-state index contributed by atoms with van der Waals surface area (Å²) in [6.07, 6.45) is 5.97. The second-order valence-electron chi connectivity index (χ2n) is 4.40. The number of aromatic nitrogens is 2. The van der Waals surface area contributed by atoms with Gasteiger partial charge in [-0.05, 0) is 18.9 Å². The summed E-state index contributed by atoms with van der Waals surface area (Å²) in [5.41, 5.74) is 1.14. The lowest BCUT2D eigenvalue weighted by Gasteiger charge is -2.16. The van der Waals surface area contributed by atoms with E-state index in [9.17, 15) is 4.79 Å². The zero-order valence-corrected chi connectivity index (χ0v) is 11.0. The molecule has 2 aromatic rings. The largest absolute Gasteiger partial charge is 0.466 e. The SMILES string of the molecule is CCOC(=O)C(Cc1ccccc1)Cn1ccnc1. The molecule has 1 aromatic carbocycles. The molecule has 1 aromatic heterocycles. The summed E-state index contributed by atoms with van der Waals surface area (Å²) in [5.74, 6) is -0.336. The van der Waals surface area contributed by atoms with Crippen LogP contribution in [0, 0.1) is 5.92 Å². The second kappa shape index (κ2) is 6.73. The Morgan fingerprint density at radius 1 is 1.37 bits per heavy atom. The fraction of sp³-hybridized carbons (Fsp3) is 0.333. The lowest BCUT2D eigenvalue weighted by atomic mass is 9.99. The van der Waals surface area contributed by atoms with Crippen LogP contribution in [0.3, 0.4) is 0 Å². The fourth-order valence-electron chi connectivity index (χ4n) is 2.03. The molecule has 4 heteroatoms. The highest BCUT2D eigenvalue weighted by molar-refractivity contribution is 5.72. The summed E-state index contributed by atoms with van der Waals surface area (Å²) in [7, 11) is 0. The van der Waals surface area contributed by atoms with E-state index in [-0.39, 0.29) is 11.9 Å². The smallest absolute Gasteiger partial charge is 0.311 e. The number of nitrogens with zero attached hydrogens (tertiary/aromatic N) is 2. The zero-order valence-electron chi connectivity index (χ0n) is 11.0. The van der Waals surface area contributed by atoms with Gasteiger partial charge in [0.1, 0.15) is 0 Å². The van der Waals surface area contributed by atoms with Crippen LogP contribution in [0.15, 0.2) is 49.1 Å². The van der Waals surface area contributed by atoms with Gasteiger partial charge in [-0.3, -0.25) is 4.79 Å². The quantitative estimate of drug-likeness (QED) is 0.747. The number of esters is 1. The molecule has 1 atom stereocenters. The number of hydrogen-bond acceptors (Lipinski definition) is 3. The van der Waals surface area contributed by atoms with E-state index in [1.165, 1.54) is 0 Å². The molecular formula is C15H18N2O2. The minimum Gasteiger partial charge on any atom is -0.466 e. The molecule has 0 amide bonds. The first-order valence-corrected chi connectivity index (χ1v) is 6.46. The Balaban J connectivity index is 2.07. The maximum atomic E-state index is 12.0. The van der Waals surface area contributed by atoms with Crippen molar-refractivity contribution in [2.45, 2.75) is 19.9 Å². The number of carbonyl (C=O) groups is 1. The van der Waals surface area contributed by atoms with Gasteiger partial charge in [0.2, 0.25) is 0 Å². The molecular weight excluding hydrogens is 240 g/mol. The van der Waals surface area contributed by atoms with Gasteiger partial charge in [-0.1, -0.05) is 30.3 Å². The second-order valence-corrected chi connectivity index (χ2v) is 4.40. The summed E-state index contributed by atoms with van der Waals surface area (Å²) in [5, 5.41) is 0. The number of rotatable bonds is 6. The first-order valence-electron chi connectivity index (χ1n) is 6.46. The molecule has 19 heavy (non-hydrogen) atoms. The van der Waals surface area contributed by atoms with E-state index in [2.05, 4.69) is 4.98 Å². The van der Waals surface area contributed by atoms with Crippen molar-refractivity contribution in [3.8, 4) is 0 Å². The third-order valence-corrected chi connectivity index (χ3v) is 2.94. The van der Waals surface area contributed by atoms with Gasteiger partial charge in [0, 0.05) is 18.9 Å². The third-order valence-electron chi connectivity index (χ3n) is 2.94. The molecule has 1 unspecified atom stereocenters. The number of ether oxygens (including phenoxy) is 1. The zero-order chi connectivity index (χ0) is 13.5. The molecule has 4 nitrogen and oxygen atoms in total. The molecule has 1 heterocycles. The lowest BCUT2D eigenvalue weighted by molar-refractivity contribution is -0.148. The molecule has 0 aliphatic heterocycles. The van der Waals surface area contributed by atoms with Crippen molar-refractivity contribution in [3.63, 3.8) is 0 Å². The van der Waals surface area contributed by atoms with Gasteiger partial charge in [-0.25, -0.2) is 4.98 Å². The summed E-state index contributed by atoms with van der Waals surface area (Å²) >= 11 is 0. The first kappa shape index (κ1) is 13.3. The minimum absolute atomic E-state index is 0.153. The van der Waals surface area contributed by atoms with E-state index in [1.54, 1.807) is 12.5 Å². The summed E-state index contributed by atoms with van der Waals surface area (Å²) in [4.78, 5) is 16.0. The molecule has 0 saturated carbocycles. The average molecular weight is 258 g/mol. The van der Waals surface area contributed by atoms with Crippen molar-refractivity contribution < 1.29 is 9.53 Å². The van der Waals surface area contributed by atoms with Crippen LogP contribution in [0.4, 0.5) is 0 Å². The van der Waals surface area contributed by atoms with E-state index in [1.807, 2.05) is 48.0 Å². The summed E-state index contributed by atoms with van der Waals surface area (Å²) < 4.78 is 7.06. The minimum atomic E-state index is -0.184. The van der Waals surface area contributed by atoms with Crippen LogP contribution in [0.25, 0.3) is 0 Å². The van der Waals surface area contributed by atoms with Crippen molar-refractivity contribution in [2.24, 2.45) is 5.92 Å². The van der Waals surface area contributed by atoms with E-state index >= 15 is 0 Å². The number of carbonyl (C=O) groups excluding carboxylic acids is 1. The van der Waals surface area contributed by atoms with Crippen molar-refractivity contribution in [3.05, 3.63) is 54.6 Å². The van der Waals surface area contributed by atoms with Crippen molar-refractivity contribution in [2.75, 3.05) is 6.61 Å². The van der Waals surface area contributed by atoms with Crippen LogP contribution in [0.1, 0.15) is 12.5 Å². The predicted octanol–water partition coefficient (Wildman–Crippen LogP) is 2.31. The van der Waals surface area contributed by atoms with E-state index in [0.29, 0.717) is 19.6 Å². The van der Waals surface area contributed by atoms with Crippen LogP contribution in [0.2, 0.25) is 0 Å². The Kier molecular flexibility index (Phi) is 4.72. The number of imidazole rings is 1. The van der Waals surface area contributed by atoms with E-state index in [0.717, 1.165) is 5.56 Å².